The van der Waals surface area contributed by atoms with Gasteiger partial charge in [-0.2, -0.15) is 13.2 Å². The molecule has 4 amide bonds. The Morgan fingerprint density at radius 2 is 0.752 bits per heavy atom. The van der Waals surface area contributed by atoms with Crippen LogP contribution in [0.25, 0.3) is 0 Å². The Balaban J connectivity index is 0. The number of aliphatic hydroxyl groups is 2. The first-order valence-corrected chi connectivity index (χ1v) is 40.0. The van der Waals surface area contributed by atoms with E-state index in [1.54, 1.807) is 73.6 Å². The zero-order chi connectivity index (χ0) is 81.3. The molecule has 5 atom stereocenters. The molecule has 3 N–H and O–H groups in total. The van der Waals surface area contributed by atoms with Crippen LogP contribution in [0.3, 0.4) is 0 Å². The molecule has 628 valence electrons. The number of aryl methyl sites for hydroxylation is 5. The number of amides is 4. The Labute approximate surface area is 742 Å². The second-order valence-corrected chi connectivity index (χ2v) is 33.8. The fraction of sp³-hybridized carbons (Fsp3) is 0.537. The van der Waals surface area contributed by atoms with E-state index >= 15 is 0 Å². The van der Waals surface area contributed by atoms with Gasteiger partial charge in [0, 0.05) is 120 Å². The van der Waals surface area contributed by atoms with Gasteiger partial charge in [0.2, 0.25) is 23.0 Å². The molecule has 3 fully saturated rings. The van der Waals surface area contributed by atoms with Crippen LogP contribution in [0.15, 0.2) is 113 Å². The van der Waals surface area contributed by atoms with Crippen LogP contribution in [0.5, 0.6) is 0 Å². The summed E-state index contributed by atoms with van der Waals surface area (Å²) in [6, 6.07) is 31.2. The number of halogens is 10. The van der Waals surface area contributed by atoms with Crippen LogP contribution >= 0.6 is 104 Å². The maximum Gasteiger partial charge on any atom is 1.00 e. The van der Waals surface area contributed by atoms with E-state index in [0.29, 0.717) is 66.3 Å². The van der Waals surface area contributed by atoms with Crippen LogP contribution in [-0.4, -0.2) is 120 Å². The largest absolute Gasteiger partial charge is 1.00 e. The van der Waals surface area contributed by atoms with Crippen molar-refractivity contribution < 1.29 is 116 Å². The number of benzene rings is 5. The number of hydrogen-bond donors (Lipinski definition) is 3. The van der Waals surface area contributed by atoms with Crippen molar-refractivity contribution in [2.75, 3.05) is 39.1 Å². The zero-order valence-corrected chi connectivity index (χ0v) is 76.5. The smallest absolute Gasteiger partial charge is 0.662 e. The van der Waals surface area contributed by atoms with Gasteiger partial charge in [0.25, 0.3) is 6.47 Å². The van der Waals surface area contributed by atoms with Gasteiger partial charge in [-0.1, -0.05) is 102 Å². The van der Waals surface area contributed by atoms with E-state index in [2.05, 4.69) is 171 Å². The van der Waals surface area contributed by atoms with Crippen molar-refractivity contribution in [1.29, 1.82) is 0 Å². The summed E-state index contributed by atoms with van der Waals surface area (Å²) in [5.74, 6) is -0.170. The molecule has 0 aromatic heterocycles. The van der Waals surface area contributed by atoms with Crippen molar-refractivity contribution in [3.63, 3.8) is 0 Å². The Morgan fingerprint density at radius 3 is 1.03 bits per heavy atom. The topological polar surface area (TPSA) is 262 Å². The number of rotatable bonds is 4. The minimum absolute atomic E-state index is 0. The molecular formula is C82H114Br5Cl2F3N5NaO15. The number of hydrogen-bond acceptors (Lipinski definition) is 16. The maximum absolute atomic E-state index is 12.6. The normalized spacial score (nSPS) is 18.1. The number of nitrogens with zero attached hydrogens (tertiary/aromatic N) is 4. The second-order valence-electron chi connectivity index (χ2n) is 28.9. The van der Waals surface area contributed by atoms with E-state index in [9.17, 15) is 46.7 Å². The minimum Gasteiger partial charge on any atom is -0.662 e. The van der Waals surface area contributed by atoms with Gasteiger partial charge in [0.05, 0.1) is 0 Å². The molecule has 113 heavy (non-hydrogen) atoms. The van der Waals surface area contributed by atoms with E-state index in [-0.39, 0.29) is 87.8 Å². The third-order valence-corrected chi connectivity index (χ3v) is 20.4. The molecule has 0 bridgehead atoms. The first-order chi connectivity index (χ1) is 50.7. The van der Waals surface area contributed by atoms with Crippen LogP contribution in [0.4, 0.5) is 51.2 Å². The van der Waals surface area contributed by atoms with E-state index in [1.165, 1.54) is 45.3 Å². The summed E-state index contributed by atoms with van der Waals surface area (Å²) in [7, 11) is 2.00. The number of carbonyl (C=O) groups is 8. The summed E-state index contributed by atoms with van der Waals surface area (Å²) in [6.45, 7) is 21.8. The second kappa shape index (κ2) is 52.3. The predicted molar refractivity (Wildman–Crippen MR) is 458 cm³/mol. The molecule has 0 saturated heterocycles. The van der Waals surface area contributed by atoms with Crippen molar-refractivity contribution in [2.24, 2.45) is 17.8 Å². The Hall–Kier alpha value is -4.69. The molecule has 0 radical (unpaired) electrons. The van der Waals surface area contributed by atoms with Gasteiger partial charge in [-0.15, -0.1) is 12.4 Å². The van der Waals surface area contributed by atoms with Crippen LogP contribution < -0.4 is 59.7 Å². The standard InChI is InChI=1S/2C14H16BrNO.C12H11BrF3NO.C12H14BrNO.C10H12BrN.C10H18O5.C4H5ClO.CH2O3.2CH4O.3CH4.ClH.Na/c2*1-9-2-3-11-8-12(15)6-7-13(11)16(9)14(17)10-4-5-10;1-7-2-3-8-6-9(13)4-5-10(8)17(7)11(18)12(14,15)16;1-8-3-4-10-7-11(13)5-6-12(10)14(8)9(2)15;1-7-2-3-8-6-9(11)4-5-10(8)12-7;1-9(2,3)14-7(11)13-8(12)15-10(4,5)6;5-4(6)3-1-2-3;2-1-4-3;2*1-2;;;;;/h2*6-10H,2-5H2,1H3;4-7H,2-3H2,1H3;5-8H,3-4H2,1-2H3;4-7,12H,2-3H2,1H3;1-6H3;3H,1-2H2;1,3H;2*2H,1H3;3*1H4;1H;/q;;;;;;;;;;;;;;+1/p-1/t2*9-;7-;8-;7-;;;;;;;;;;/m00000........../s1. The van der Waals surface area contributed by atoms with Gasteiger partial charge < -0.3 is 59.5 Å². The first kappa shape index (κ1) is 110. The van der Waals surface area contributed by atoms with Crippen LogP contribution in [0.2, 0.25) is 0 Å². The molecule has 13 rings (SSSR count). The van der Waals surface area contributed by atoms with Crippen LogP contribution in [-0.2, 0) is 80.0 Å². The molecule has 8 aliphatic rings. The van der Waals surface area contributed by atoms with Gasteiger partial charge in [0.1, 0.15) is 11.2 Å². The molecule has 3 saturated carbocycles. The van der Waals surface area contributed by atoms with Gasteiger partial charge in [0.15, 0.2) is 0 Å². The Morgan fingerprint density at radius 1 is 0.478 bits per heavy atom. The van der Waals surface area contributed by atoms with Crippen LogP contribution in [0.1, 0.15) is 204 Å². The third-order valence-electron chi connectivity index (χ3n) is 17.6. The number of anilines is 5. The number of ether oxygens (including phenoxy) is 3. The molecule has 0 spiro atoms. The van der Waals surface area contributed by atoms with E-state index in [0.717, 1.165) is 137 Å². The third kappa shape index (κ3) is 37.0. The molecule has 5 aromatic rings. The summed E-state index contributed by atoms with van der Waals surface area (Å²) in [5, 5.41) is 25.7. The summed E-state index contributed by atoms with van der Waals surface area (Å²) < 4.78 is 56.8. The Kier molecular flexibility index (Phi) is 51.1. The van der Waals surface area contributed by atoms with E-state index < -0.39 is 41.6 Å². The van der Waals surface area contributed by atoms with Crippen molar-refractivity contribution in [2.45, 2.75) is 256 Å². The average molecular weight is 1960 g/mol. The number of nitrogens with one attached hydrogen (secondary N) is 1. The van der Waals surface area contributed by atoms with Crippen molar-refractivity contribution in [1.82, 2.24) is 0 Å². The fourth-order valence-corrected chi connectivity index (χ4v) is 14.3. The van der Waals surface area contributed by atoms with Gasteiger partial charge in [-0.25, -0.2) is 9.59 Å². The number of fused-ring (bicyclic) bond motifs is 5. The van der Waals surface area contributed by atoms with Gasteiger partial charge >= 0.3 is 54.0 Å². The summed E-state index contributed by atoms with van der Waals surface area (Å²) in [6.07, 6.45) is 9.43. The molecule has 5 aromatic carbocycles. The monoisotopic (exact) mass is 1950 g/mol. The Bertz CT molecular complexity index is 3750. The molecule has 5 aliphatic heterocycles. The molecule has 20 nitrogen and oxygen atoms in total. The van der Waals surface area contributed by atoms with Crippen LogP contribution in [0, 0.1) is 17.8 Å². The molecule has 5 heterocycles. The fourth-order valence-electron chi connectivity index (χ4n) is 12.1. The predicted octanol–water partition coefficient (Wildman–Crippen LogP) is 18.1. The van der Waals surface area contributed by atoms with Gasteiger partial charge in [-0.05, 0) is 309 Å². The summed E-state index contributed by atoms with van der Waals surface area (Å²) >= 11 is 22.2. The summed E-state index contributed by atoms with van der Waals surface area (Å²) in [4.78, 5) is 97.8. The van der Waals surface area contributed by atoms with Gasteiger partial charge in [-0.3, -0.25) is 28.8 Å². The van der Waals surface area contributed by atoms with Crippen molar-refractivity contribution >= 4 is 180 Å². The molecular weight excluding hydrogens is 1850 g/mol. The molecule has 31 heteroatoms. The quantitative estimate of drug-likeness (QED) is 0.0287. The van der Waals surface area contributed by atoms with E-state index in [1.807, 2.05) is 39.0 Å². The maximum atomic E-state index is 12.6. The SMILES string of the molecule is C.C.C.CC(=O)N1c2ccc(Br)cc2CC[C@@H]1C.CC(C)(C)OC(=O)OC(=O)OC(C)(C)C.CO.CO.C[C@H]1CCc2cc(Br)ccc2N1.C[C@H]1CCc2cc(Br)ccc2N1C(=O)C(F)(F)F.C[C@H]1CCc2cc(Br)ccc2N1C(=O)C1CC1.C[C@H]1CCc2cc(Br)ccc2N1C(=O)C1CC1.Cl.O=C(Cl)C1CC1.O=CO[O-].[Na+]. The summed E-state index contributed by atoms with van der Waals surface area (Å²) in [5.41, 5.74) is 9.66. The number of alkyl halides is 3. The van der Waals surface area contributed by atoms with E-state index in [4.69, 9.17) is 41.3 Å². The van der Waals surface area contributed by atoms with Crippen molar-refractivity contribution in [3.8, 4) is 0 Å². The number of carbonyl (C=O) groups excluding carboxylic acids is 8. The average Bonchev–Trinajstić information content (AvgIpc) is 1.78. The zero-order valence-electron chi connectivity index (χ0n) is 65.0. The minimum atomic E-state index is -4.84. The molecule has 3 aliphatic carbocycles. The first-order valence-electron chi connectivity index (χ1n) is 35.7. The van der Waals surface area contributed by atoms with Crippen molar-refractivity contribution in [3.05, 3.63) is 141 Å². The number of aliphatic hydroxyl groups excluding tert-OH is 2. The molecule has 0 unspecified atom stereocenters.